The SMILES string of the molecule is CC(C)(C)OC(=O)N1CCCN(CCCNC(=O)C2=Cc3cnc4cccc(n34)S2)CC1. The first kappa shape index (κ1) is 22.7. The predicted molar refractivity (Wildman–Crippen MR) is 126 cm³/mol. The van der Waals surface area contributed by atoms with Crippen LogP contribution in [-0.2, 0) is 9.53 Å². The van der Waals surface area contributed by atoms with Crippen LogP contribution in [0.15, 0.2) is 34.3 Å². The lowest BCUT2D eigenvalue weighted by molar-refractivity contribution is -0.116. The van der Waals surface area contributed by atoms with Gasteiger partial charge in [-0.05, 0) is 64.9 Å². The van der Waals surface area contributed by atoms with Crippen molar-refractivity contribution in [1.29, 1.82) is 0 Å². The lowest BCUT2D eigenvalue weighted by Crippen LogP contribution is -2.39. The molecule has 1 saturated heterocycles. The molecule has 0 bridgehead atoms. The third kappa shape index (κ3) is 5.45. The number of carbonyl (C=O) groups excluding carboxylic acids is 2. The van der Waals surface area contributed by atoms with E-state index in [1.54, 1.807) is 11.1 Å². The van der Waals surface area contributed by atoms with Crippen molar-refractivity contribution in [1.82, 2.24) is 24.5 Å². The molecule has 2 amide bonds. The number of hydrogen-bond donors (Lipinski definition) is 1. The number of aromatic nitrogens is 2. The van der Waals surface area contributed by atoms with E-state index in [2.05, 4.69) is 19.6 Å². The molecular formula is C23H31N5O3S. The number of imidazole rings is 1. The highest BCUT2D eigenvalue weighted by atomic mass is 32.2. The smallest absolute Gasteiger partial charge is 0.410 e. The van der Waals surface area contributed by atoms with Crippen LogP contribution in [0.1, 0.15) is 39.3 Å². The molecule has 4 rings (SSSR count). The molecule has 32 heavy (non-hydrogen) atoms. The number of rotatable bonds is 5. The second-order valence-electron chi connectivity index (χ2n) is 9.12. The Balaban J connectivity index is 1.21. The Morgan fingerprint density at radius 2 is 2.03 bits per heavy atom. The lowest BCUT2D eigenvalue weighted by atomic mass is 10.2. The number of carbonyl (C=O) groups is 2. The summed E-state index contributed by atoms with van der Waals surface area (Å²) in [7, 11) is 0. The fraction of sp³-hybridized carbons (Fsp3) is 0.522. The van der Waals surface area contributed by atoms with Crippen LogP contribution < -0.4 is 5.32 Å². The number of nitrogens with zero attached hydrogens (tertiary/aromatic N) is 4. The maximum atomic E-state index is 12.7. The standard InChI is InChI=1S/C23H31N5O3S/c1-23(2,3)31-22(30)27-12-6-11-26(13-14-27)10-5-9-24-21(29)18-15-17-16-25-19-7-4-8-20(32-18)28(17)19/h4,7-8,15-16H,5-6,9-14H2,1-3H3,(H,24,29). The van der Waals surface area contributed by atoms with E-state index in [0.29, 0.717) is 18.0 Å². The number of hydrogen-bond acceptors (Lipinski definition) is 6. The van der Waals surface area contributed by atoms with Crippen molar-refractivity contribution >= 4 is 35.5 Å². The van der Waals surface area contributed by atoms with E-state index in [0.717, 1.165) is 55.4 Å². The first-order valence-electron chi connectivity index (χ1n) is 11.1. The Labute approximate surface area is 193 Å². The van der Waals surface area contributed by atoms with Crippen LogP contribution in [0.25, 0.3) is 11.7 Å². The molecule has 2 aromatic heterocycles. The molecule has 2 aliphatic heterocycles. The van der Waals surface area contributed by atoms with Gasteiger partial charge in [-0.25, -0.2) is 9.78 Å². The Kier molecular flexibility index (Phi) is 6.76. The van der Waals surface area contributed by atoms with Gasteiger partial charge < -0.3 is 19.9 Å². The topological polar surface area (TPSA) is 79.2 Å². The molecule has 0 saturated carbocycles. The highest BCUT2D eigenvalue weighted by Crippen LogP contribution is 2.34. The van der Waals surface area contributed by atoms with Crippen LogP contribution in [-0.4, -0.2) is 76.1 Å². The number of amides is 2. The predicted octanol–water partition coefficient (Wildman–Crippen LogP) is 3.23. The van der Waals surface area contributed by atoms with Gasteiger partial charge in [0.25, 0.3) is 5.91 Å². The van der Waals surface area contributed by atoms with E-state index in [-0.39, 0.29) is 12.0 Å². The van der Waals surface area contributed by atoms with Crippen LogP contribution in [0.2, 0.25) is 0 Å². The molecule has 4 heterocycles. The number of ether oxygens (including phenoxy) is 1. The fourth-order valence-corrected chi connectivity index (χ4v) is 4.90. The lowest BCUT2D eigenvalue weighted by Gasteiger charge is -2.26. The molecule has 1 N–H and O–H groups in total. The Morgan fingerprint density at radius 1 is 1.19 bits per heavy atom. The summed E-state index contributed by atoms with van der Waals surface area (Å²) in [6, 6.07) is 5.92. The second kappa shape index (κ2) is 9.54. The van der Waals surface area contributed by atoms with Crippen LogP contribution >= 0.6 is 11.8 Å². The molecule has 8 nitrogen and oxygen atoms in total. The highest BCUT2D eigenvalue weighted by molar-refractivity contribution is 8.04. The quantitative estimate of drug-likeness (QED) is 0.695. The van der Waals surface area contributed by atoms with E-state index in [1.807, 2.05) is 45.0 Å². The van der Waals surface area contributed by atoms with Crippen LogP contribution in [0, 0.1) is 0 Å². The molecule has 2 aliphatic rings. The zero-order valence-corrected chi connectivity index (χ0v) is 19.8. The normalized spacial score (nSPS) is 17.1. The van der Waals surface area contributed by atoms with Gasteiger partial charge in [0.05, 0.1) is 21.8 Å². The maximum Gasteiger partial charge on any atom is 0.410 e. The minimum Gasteiger partial charge on any atom is -0.444 e. The summed E-state index contributed by atoms with van der Waals surface area (Å²) in [5.74, 6) is -0.0496. The summed E-state index contributed by atoms with van der Waals surface area (Å²) in [4.78, 5) is 34.2. The number of pyridine rings is 1. The van der Waals surface area contributed by atoms with Gasteiger partial charge in [-0.15, -0.1) is 0 Å². The van der Waals surface area contributed by atoms with E-state index < -0.39 is 5.60 Å². The summed E-state index contributed by atoms with van der Waals surface area (Å²) in [6.45, 7) is 10.3. The van der Waals surface area contributed by atoms with Crippen LogP contribution in [0.3, 0.4) is 0 Å². The number of thioether (sulfide) groups is 1. The average Bonchev–Trinajstić information content (AvgIpc) is 3.01. The fourth-order valence-electron chi connectivity index (χ4n) is 3.89. The Morgan fingerprint density at radius 3 is 2.84 bits per heavy atom. The van der Waals surface area contributed by atoms with Crippen molar-refractivity contribution in [3.63, 3.8) is 0 Å². The molecule has 0 aliphatic carbocycles. The zero-order chi connectivity index (χ0) is 22.7. The second-order valence-corrected chi connectivity index (χ2v) is 10.2. The maximum absolute atomic E-state index is 12.7. The minimum atomic E-state index is -0.473. The van der Waals surface area contributed by atoms with Gasteiger partial charge in [0.15, 0.2) is 0 Å². The van der Waals surface area contributed by atoms with Crippen molar-refractivity contribution in [2.45, 2.75) is 44.2 Å². The van der Waals surface area contributed by atoms with E-state index in [1.165, 1.54) is 11.8 Å². The minimum absolute atomic E-state index is 0.0496. The summed E-state index contributed by atoms with van der Waals surface area (Å²) >= 11 is 1.47. The average molecular weight is 458 g/mol. The van der Waals surface area contributed by atoms with E-state index in [4.69, 9.17) is 4.74 Å². The number of nitrogens with one attached hydrogen (secondary N) is 1. The molecule has 2 aromatic rings. The van der Waals surface area contributed by atoms with Gasteiger partial charge in [-0.3, -0.25) is 9.20 Å². The van der Waals surface area contributed by atoms with Gasteiger partial charge in [0.2, 0.25) is 0 Å². The van der Waals surface area contributed by atoms with Gasteiger partial charge in [-0.2, -0.15) is 0 Å². The Bertz CT molecular complexity index is 1030. The molecular weight excluding hydrogens is 426 g/mol. The van der Waals surface area contributed by atoms with Gasteiger partial charge >= 0.3 is 6.09 Å². The van der Waals surface area contributed by atoms with Crippen molar-refractivity contribution < 1.29 is 14.3 Å². The zero-order valence-electron chi connectivity index (χ0n) is 19.0. The molecule has 0 atom stereocenters. The molecule has 9 heteroatoms. The Hall–Kier alpha value is -2.52. The summed E-state index contributed by atoms with van der Waals surface area (Å²) < 4.78 is 7.55. The molecule has 0 radical (unpaired) electrons. The summed E-state index contributed by atoms with van der Waals surface area (Å²) in [6.07, 6.45) is 5.25. The van der Waals surface area contributed by atoms with Crippen molar-refractivity contribution in [3.05, 3.63) is 35.0 Å². The van der Waals surface area contributed by atoms with E-state index >= 15 is 0 Å². The first-order chi connectivity index (χ1) is 15.3. The molecule has 0 unspecified atom stereocenters. The van der Waals surface area contributed by atoms with Crippen molar-refractivity contribution in [3.8, 4) is 0 Å². The van der Waals surface area contributed by atoms with Gasteiger partial charge in [0, 0.05) is 26.2 Å². The highest BCUT2D eigenvalue weighted by Gasteiger charge is 2.24. The van der Waals surface area contributed by atoms with Crippen LogP contribution in [0.5, 0.6) is 0 Å². The van der Waals surface area contributed by atoms with Crippen molar-refractivity contribution in [2.75, 3.05) is 39.3 Å². The summed E-state index contributed by atoms with van der Waals surface area (Å²) in [5.41, 5.74) is 1.35. The molecule has 0 spiro atoms. The van der Waals surface area contributed by atoms with Crippen LogP contribution in [0.4, 0.5) is 4.79 Å². The molecule has 172 valence electrons. The van der Waals surface area contributed by atoms with Crippen molar-refractivity contribution in [2.24, 2.45) is 0 Å². The monoisotopic (exact) mass is 457 g/mol. The van der Waals surface area contributed by atoms with Gasteiger partial charge in [-0.1, -0.05) is 17.8 Å². The largest absolute Gasteiger partial charge is 0.444 e. The third-order valence-corrected chi connectivity index (χ3v) is 6.47. The molecule has 0 aromatic carbocycles. The first-order valence-corrected chi connectivity index (χ1v) is 12.0. The summed E-state index contributed by atoms with van der Waals surface area (Å²) in [5, 5.41) is 4.05. The third-order valence-electron chi connectivity index (χ3n) is 5.42. The van der Waals surface area contributed by atoms with Gasteiger partial charge in [0.1, 0.15) is 11.2 Å². The molecule has 1 fully saturated rings. The van der Waals surface area contributed by atoms with E-state index in [9.17, 15) is 9.59 Å².